The van der Waals surface area contributed by atoms with Crippen LogP contribution in [0.5, 0.6) is 23.0 Å². The molecule has 0 unspecified atom stereocenters. The predicted molar refractivity (Wildman–Crippen MR) is 143 cm³/mol. The maximum atomic E-state index is 14.9. The van der Waals surface area contributed by atoms with Crippen molar-refractivity contribution in [3.05, 3.63) is 82.2 Å². The van der Waals surface area contributed by atoms with Crippen molar-refractivity contribution in [1.29, 1.82) is 0 Å². The van der Waals surface area contributed by atoms with Crippen molar-refractivity contribution < 1.29 is 31.8 Å². The van der Waals surface area contributed by atoms with E-state index in [-0.39, 0.29) is 22.0 Å². The third kappa shape index (κ3) is 6.36. The number of halogens is 3. The molecule has 3 aromatic carbocycles. The lowest BCUT2D eigenvalue weighted by Crippen LogP contribution is -2.35. The Kier molecular flexibility index (Phi) is 8.10. The number of methoxy groups -OCH3 is 2. The number of ether oxygens (including phenoxy) is 3. The molecule has 0 saturated heterocycles. The number of carbonyl (C=O) groups excluding carboxylic acids is 1. The topological polar surface area (TPSA) is 116 Å². The molecule has 4 rings (SSSR count). The second kappa shape index (κ2) is 11.3. The van der Waals surface area contributed by atoms with Gasteiger partial charge < -0.3 is 19.5 Å². The van der Waals surface area contributed by atoms with Gasteiger partial charge in [-0.1, -0.05) is 29.3 Å². The largest absolute Gasteiger partial charge is 0.493 e. The van der Waals surface area contributed by atoms with Crippen molar-refractivity contribution in [3.63, 3.8) is 0 Å². The number of amides is 2. The average Bonchev–Trinajstić information content (AvgIpc) is 2.86. The number of nitrogens with zero attached hydrogens (tertiary/aromatic N) is 1. The molecule has 1 heterocycles. The van der Waals surface area contributed by atoms with E-state index in [0.29, 0.717) is 33.2 Å². The molecule has 0 radical (unpaired) electrons. The molecule has 4 aromatic rings. The molecule has 1 aromatic heterocycles. The van der Waals surface area contributed by atoms with Crippen LogP contribution in [0.2, 0.25) is 10.0 Å². The summed E-state index contributed by atoms with van der Waals surface area (Å²) >= 11 is 11.8. The van der Waals surface area contributed by atoms with Crippen molar-refractivity contribution in [2.45, 2.75) is 5.75 Å². The number of fused-ring (bicyclic) bond motifs is 1. The van der Waals surface area contributed by atoms with Gasteiger partial charge >= 0.3 is 6.03 Å². The second-order valence-corrected chi connectivity index (χ2v) is 10.4. The van der Waals surface area contributed by atoms with Gasteiger partial charge in [-0.05, 0) is 42.0 Å². The number of anilines is 1. The molecule has 0 aliphatic heterocycles. The number of benzene rings is 3. The molecule has 0 aliphatic carbocycles. The van der Waals surface area contributed by atoms with Crippen LogP contribution in [0.15, 0.2) is 60.8 Å². The molecule has 2 amide bonds. The fraction of sp³-hybridized carbons (Fsp3) is 0.120. The van der Waals surface area contributed by atoms with Crippen molar-refractivity contribution in [2.75, 3.05) is 19.5 Å². The van der Waals surface area contributed by atoms with E-state index in [1.165, 1.54) is 50.7 Å². The molecule has 0 aliphatic rings. The van der Waals surface area contributed by atoms with Gasteiger partial charge in [0.25, 0.3) is 0 Å². The normalized spacial score (nSPS) is 11.2. The van der Waals surface area contributed by atoms with E-state index < -0.39 is 27.6 Å². The van der Waals surface area contributed by atoms with Crippen molar-refractivity contribution in [3.8, 4) is 23.0 Å². The number of hydrogen-bond donors (Lipinski definition) is 2. The molecule has 0 fully saturated rings. The molecule has 2 N–H and O–H groups in total. The average molecular weight is 580 g/mol. The minimum absolute atomic E-state index is 0.00179. The lowest BCUT2D eigenvalue weighted by molar-refractivity contribution is 0.256. The Hall–Kier alpha value is -3.80. The van der Waals surface area contributed by atoms with E-state index >= 15 is 0 Å². The number of aromatic nitrogens is 1. The number of pyridine rings is 1. The maximum absolute atomic E-state index is 14.9. The van der Waals surface area contributed by atoms with Crippen LogP contribution in [0.4, 0.5) is 14.9 Å². The van der Waals surface area contributed by atoms with Gasteiger partial charge in [-0.2, -0.15) is 0 Å². The minimum Gasteiger partial charge on any atom is -0.493 e. The number of nitrogens with one attached hydrogen (secondary N) is 2. The summed E-state index contributed by atoms with van der Waals surface area (Å²) in [5.74, 6) is -0.277. The molecule has 198 valence electrons. The van der Waals surface area contributed by atoms with E-state index in [1.54, 1.807) is 18.2 Å². The number of hydrogen-bond acceptors (Lipinski definition) is 7. The third-order valence-electron chi connectivity index (χ3n) is 5.23. The number of carbonyl (C=O) groups is 1. The Bertz CT molecular complexity index is 1640. The summed E-state index contributed by atoms with van der Waals surface area (Å²) in [5.41, 5.74) is 0.790. The summed E-state index contributed by atoms with van der Waals surface area (Å²) in [6, 6.07) is 11.8. The van der Waals surface area contributed by atoms with E-state index in [4.69, 9.17) is 37.4 Å². The Morgan fingerprint density at radius 3 is 2.37 bits per heavy atom. The van der Waals surface area contributed by atoms with Crippen LogP contribution in [0.1, 0.15) is 5.56 Å². The highest BCUT2D eigenvalue weighted by atomic mass is 35.5. The van der Waals surface area contributed by atoms with Gasteiger partial charge in [0.15, 0.2) is 23.1 Å². The minimum atomic E-state index is -4.11. The summed E-state index contributed by atoms with van der Waals surface area (Å²) in [5, 5.41) is 3.31. The summed E-state index contributed by atoms with van der Waals surface area (Å²) < 4.78 is 57.8. The zero-order valence-electron chi connectivity index (χ0n) is 19.9. The molecule has 9 nitrogen and oxygen atoms in total. The Labute approximate surface area is 227 Å². The van der Waals surface area contributed by atoms with Gasteiger partial charge in [0.05, 0.1) is 25.5 Å². The molecule has 0 bridgehead atoms. The van der Waals surface area contributed by atoms with Crippen molar-refractivity contribution >= 4 is 55.8 Å². The predicted octanol–water partition coefficient (Wildman–Crippen LogP) is 6.14. The first-order valence-electron chi connectivity index (χ1n) is 10.8. The van der Waals surface area contributed by atoms with E-state index in [9.17, 15) is 17.6 Å². The summed E-state index contributed by atoms with van der Waals surface area (Å²) in [7, 11) is -1.13. The molecule has 13 heteroatoms. The maximum Gasteiger partial charge on any atom is 0.332 e. The molecule has 0 saturated carbocycles. The Balaban J connectivity index is 1.47. The van der Waals surface area contributed by atoms with Gasteiger partial charge in [0, 0.05) is 39.4 Å². The standard InChI is InChI=1S/C25H20Cl2FN3O6S/c1-35-23-11-17-20(12-24(23)36-2)29-8-7-21(17)37-22-6-5-16(10-19(22)28)30-25(32)31-38(33,34)13-14-3-4-15(26)9-18(14)27/h3-12H,13H2,1-2H3,(H2,30,31,32). The highest BCUT2D eigenvalue weighted by Crippen LogP contribution is 2.37. The van der Waals surface area contributed by atoms with Crippen LogP contribution < -0.4 is 24.2 Å². The van der Waals surface area contributed by atoms with Gasteiger partial charge in [-0.3, -0.25) is 4.98 Å². The van der Waals surface area contributed by atoms with Crippen LogP contribution in [-0.2, 0) is 15.8 Å². The summed E-state index contributed by atoms with van der Waals surface area (Å²) in [6.45, 7) is 0. The van der Waals surface area contributed by atoms with Crippen molar-refractivity contribution in [2.24, 2.45) is 0 Å². The zero-order valence-corrected chi connectivity index (χ0v) is 22.2. The monoisotopic (exact) mass is 579 g/mol. The molecule has 0 spiro atoms. The fourth-order valence-electron chi connectivity index (χ4n) is 3.49. The number of urea groups is 1. The van der Waals surface area contributed by atoms with Gasteiger partial charge in [-0.15, -0.1) is 0 Å². The van der Waals surface area contributed by atoms with E-state index in [1.807, 2.05) is 4.72 Å². The molecular formula is C25H20Cl2FN3O6S. The van der Waals surface area contributed by atoms with Crippen LogP contribution >= 0.6 is 23.2 Å². The SMILES string of the molecule is COc1cc2nccc(Oc3ccc(NC(=O)NS(=O)(=O)Cc4ccc(Cl)cc4Cl)cc3F)c2cc1OC. The molecular weight excluding hydrogens is 560 g/mol. The summed E-state index contributed by atoms with van der Waals surface area (Å²) in [4.78, 5) is 16.5. The third-order valence-corrected chi connectivity index (χ3v) is 7.00. The first kappa shape index (κ1) is 27.2. The lowest BCUT2D eigenvalue weighted by Gasteiger charge is -2.13. The fourth-order valence-corrected chi connectivity index (χ4v) is 5.12. The van der Waals surface area contributed by atoms with E-state index in [0.717, 1.165) is 6.07 Å². The Morgan fingerprint density at radius 1 is 0.947 bits per heavy atom. The molecule has 0 atom stereocenters. The smallest absolute Gasteiger partial charge is 0.332 e. The van der Waals surface area contributed by atoms with Gasteiger partial charge in [0.2, 0.25) is 10.0 Å². The first-order valence-corrected chi connectivity index (χ1v) is 13.2. The van der Waals surface area contributed by atoms with Crippen LogP contribution in [0.25, 0.3) is 10.9 Å². The summed E-state index contributed by atoms with van der Waals surface area (Å²) in [6.07, 6.45) is 1.50. The molecule has 38 heavy (non-hydrogen) atoms. The van der Waals surface area contributed by atoms with E-state index in [2.05, 4.69) is 10.3 Å². The first-order chi connectivity index (χ1) is 18.1. The number of sulfonamides is 1. The quantitative estimate of drug-likeness (QED) is 0.257. The van der Waals surface area contributed by atoms with Gasteiger partial charge in [0.1, 0.15) is 5.75 Å². The van der Waals surface area contributed by atoms with Crippen molar-refractivity contribution in [1.82, 2.24) is 9.71 Å². The van der Waals surface area contributed by atoms with Crippen LogP contribution in [0, 0.1) is 5.82 Å². The van der Waals surface area contributed by atoms with Crippen LogP contribution in [0.3, 0.4) is 0 Å². The highest BCUT2D eigenvalue weighted by Gasteiger charge is 2.19. The lowest BCUT2D eigenvalue weighted by atomic mass is 10.2. The zero-order chi connectivity index (χ0) is 27.4. The highest BCUT2D eigenvalue weighted by molar-refractivity contribution is 7.89. The Morgan fingerprint density at radius 2 is 1.68 bits per heavy atom. The second-order valence-electron chi connectivity index (χ2n) is 7.83. The number of rotatable bonds is 8. The van der Waals surface area contributed by atoms with Gasteiger partial charge in [-0.25, -0.2) is 22.3 Å². The van der Waals surface area contributed by atoms with Crippen LogP contribution in [-0.4, -0.2) is 33.7 Å².